The quantitative estimate of drug-likeness (QED) is 0.275. The van der Waals surface area contributed by atoms with E-state index in [1.165, 1.54) is 0 Å². The lowest BCUT2D eigenvalue weighted by atomic mass is 9.98. The summed E-state index contributed by atoms with van der Waals surface area (Å²) in [6.45, 7) is 0.599. The number of carbonyl (C=O) groups is 2. The number of ether oxygens (including phenoxy) is 2. The monoisotopic (exact) mass is 324 g/mol. The number of hydrogen-bond acceptors (Lipinski definition) is 9. The highest BCUT2D eigenvalue weighted by Gasteiger charge is 2.43. The molecular weight excluding hydrogens is 304 g/mol. The first-order valence-corrected chi connectivity index (χ1v) is 6.51. The average molecular weight is 324 g/mol. The van der Waals surface area contributed by atoms with Gasteiger partial charge >= 0.3 is 11.9 Å². The Morgan fingerprint density at radius 2 is 1.68 bits per heavy atom. The Kier molecular flexibility index (Phi) is 6.23. The summed E-state index contributed by atoms with van der Waals surface area (Å²) in [5.74, 6) is -2.23. The van der Waals surface area contributed by atoms with Crippen LogP contribution in [-0.4, -0.2) is 85.5 Å². The second-order valence-electron chi connectivity index (χ2n) is 5.46. The first kappa shape index (κ1) is 18.7. The zero-order chi connectivity index (χ0) is 17.1. The molecule has 1 fully saturated rings. The first-order valence-electron chi connectivity index (χ1n) is 6.51. The first-order chi connectivity index (χ1) is 10.0. The highest BCUT2D eigenvalue weighted by molar-refractivity contribution is 5.73. The molecule has 6 atom stereocenters. The summed E-state index contributed by atoms with van der Waals surface area (Å²) >= 11 is 0. The van der Waals surface area contributed by atoms with Crippen LogP contribution in [-0.2, 0) is 19.1 Å². The van der Waals surface area contributed by atoms with Crippen molar-refractivity contribution in [1.29, 1.82) is 0 Å². The van der Waals surface area contributed by atoms with Gasteiger partial charge in [0.2, 0.25) is 0 Å². The van der Waals surface area contributed by atoms with Crippen LogP contribution in [0, 0.1) is 0 Å². The second-order valence-corrected chi connectivity index (χ2v) is 5.46. The van der Waals surface area contributed by atoms with Crippen molar-refractivity contribution in [1.82, 2.24) is 0 Å². The van der Waals surface area contributed by atoms with E-state index in [2.05, 4.69) is 0 Å². The van der Waals surface area contributed by atoms with E-state index in [9.17, 15) is 35.1 Å². The van der Waals surface area contributed by atoms with Crippen LogP contribution in [0.3, 0.4) is 0 Å². The third kappa shape index (κ3) is 5.16. The van der Waals surface area contributed by atoms with Gasteiger partial charge < -0.3 is 40.1 Å². The van der Waals surface area contributed by atoms with Crippen molar-refractivity contribution in [3.63, 3.8) is 0 Å². The third-order valence-corrected chi connectivity index (χ3v) is 3.15. The maximum Gasteiger partial charge on any atom is 0.308 e. The SMILES string of the molecule is CC(O)(CC(=O)O)CC(=O)OCC1OC(O)C(O)C(O)C1O. The van der Waals surface area contributed by atoms with Crippen LogP contribution in [0.2, 0.25) is 0 Å². The van der Waals surface area contributed by atoms with Crippen molar-refractivity contribution < 1.29 is 49.7 Å². The lowest BCUT2D eigenvalue weighted by Crippen LogP contribution is -2.58. The van der Waals surface area contributed by atoms with Crippen LogP contribution in [0.25, 0.3) is 0 Å². The molecule has 6 N–H and O–H groups in total. The van der Waals surface area contributed by atoms with Gasteiger partial charge in [0.05, 0.1) is 18.4 Å². The summed E-state index contributed by atoms with van der Waals surface area (Å²) in [5.41, 5.74) is -1.80. The summed E-state index contributed by atoms with van der Waals surface area (Å²) in [5, 5.41) is 55.9. The fraction of sp³-hybridized carbons (Fsp3) is 0.833. The molecule has 1 saturated heterocycles. The Hall–Kier alpha value is -1.30. The summed E-state index contributed by atoms with van der Waals surface area (Å²) in [7, 11) is 0. The predicted octanol–water partition coefficient (Wildman–Crippen LogP) is -3.05. The Labute approximate surface area is 125 Å². The Bertz CT molecular complexity index is 409. The predicted molar refractivity (Wildman–Crippen MR) is 67.4 cm³/mol. The Morgan fingerprint density at radius 3 is 2.23 bits per heavy atom. The number of esters is 1. The van der Waals surface area contributed by atoms with Crippen LogP contribution < -0.4 is 0 Å². The molecule has 1 aliphatic rings. The zero-order valence-corrected chi connectivity index (χ0v) is 11.8. The van der Waals surface area contributed by atoms with Crippen molar-refractivity contribution in [3.05, 3.63) is 0 Å². The van der Waals surface area contributed by atoms with Gasteiger partial charge in [0.15, 0.2) is 6.29 Å². The number of rotatable bonds is 6. The lowest BCUT2D eigenvalue weighted by molar-refractivity contribution is -0.287. The van der Waals surface area contributed by atoms with E-state index in [0.29, 0.717) is 0 Å². The molecule has 0 radical (unpaired) electrons. The Balaban J connectivity index is 2.48. The van der Waals surface area contributed by atoms with E-state index in [-0.39, 0.29) is 0 Å². The minimum absolute atomic E-state index is 0.552. The van der Waals surface area contributed by atoms with Crippen molar-refractivity contribution >= 4 is 11.9 Å². The fourth-order valence-corrected chi connectivity index (χ4v) is 1.99. The maximum absolute atomic E-state index is 11.5. The van der Waals surface area contributed by atoms with E-state index < -0.39 is 67.7 Å². The number of carboxylic acids is 1. The van der Waals surface area contributed by atoms with Crippen LogP contribution in [0.5, 0.6) is 0 Å². The highest BCUT2D eigenvalue weighted by Crippen LogP contribution is 2.21. The van der Waals surface area contributed by atoms with Crippen molar-refractivity contribution in [3.8, 4) is 0 Å². The number of carbonyl (C=O) groups excluding carboxylic acids is 1. The maximum atomic E-state index is 11.5. The molecule has 22 heavy (non-hydrogen) atoms. The molecule has 128 valence electrons. The molecule has 6 unspecified atom stereocenters. The van der Waals surface area contributed by atoms with Crippen molar-refractivity contribution in [2.45, 2.75) is 56.1 Å². The van der Waals surface area contributed by atoms with Gasteiger partial charge in [-0.05, 0) is 6.92 Å². The standard InChI is InChI=1S/C12H20O10/c1-12(20,2-6(13)14)3-7(15)21-4-5-8(16)9(17)10(18)11(19)22-5/h5,8-11,16-20H,2-4H2,1H3,(H,13,14). The van der Waals surface area contributed by atoms with Gasteiger partial charge in [-0.15, -0.1) is 0 Å². The molecule has 10 nitrogen and oxygen atoms in total. The van der Waals surface area contributed by atoms with Gasteiger partial charge in [0, 0.05) is 0 Å². The van der Waals surface area contributed by atoms with Gasteiger partial charge in [-0.3, -0.25) is 9.59 Å². The second kappa shape index (κ2) is 7.31. The molecule has 0 spiro atoms. The van der Waals surface area contributed by atoms with E-state index in [1.54, 1.807) is 0 Å². The van der Waals surface area contributed by atoms with Crippen LogP contribution in [0.1, 0.15) is 19.8 Å². The van der Waals surface area contributed by atoms with Crippen LogP contribution in [0.4, 0.5) is 0 Å². The molecule has 0 aromatic heterocycles. The van der Waals surface area contributed by atoms with Gasteiger partial charge in [-0.2, -0.15) is 0 Å². The van der Waals surface area contributed by atoms with E-state index in [4.69, 9.17) is 14.6 Å². The van der Waals surface area contributed by atoms with E-state index in [0.717, 1.165) is 6.92 Å². The molecule has 0 aliphatic carbocycles. The largest absolute Gasteiger partial charge is 0.481 e. The van der Waals surface area contributed by atoms with Gasteiger partial charge in [-0.1, -0.05) is 0 Å². The summed E-state index contributed by atoms with van der Waals surface area (Å²) < 4.78 is 9.51. The number of aliphatic hydroxyl groups excluding tert-OH is 4. The number of hydrogen-bond donors (Lipinski definition) is 6. The molecule has 0 aromatic rings. The van der Waals surface area contributed by atoms with Gasteiger partial charge in [0.25, 0.3) is 0 Å². The molecule has 1 aliphatic heterocycles. The van der Waals surface area contributed by atoms with Gasteiger partial charge in [0.1, 0.15) is 31.0 Å². The van der Waals surface area contributed by atoms with Crippen molar-refractivity contribution in [2.75, 3.05) is 6.61 Å². The molecule has 10 heteroatoms. The minimum Gasteiger partial charge on any atom is -0.481 e. The van der Waals surface area contributed by atoms with Crippen molar-refractivity contribution in [2.24, 2.45) is 0 Å². The molecule has 1 rings (SSSR count). The summed E-state index contributed by atoms with van der Waals surface area (Å²) in [4.78, 5) is 22.0. The molecule has 0 saturated carbocycles. The zero-order valence-electron chi connectivity index (χ0n) is 11.8. The molecule has 0 bridgehead atoms. The number of aliphatic carboxylic acids is 1. The van der Waals surface area contributed by atoms with E-state index in [1.807, 2.05) is 0 Å². The normalized spacial score (nSPS) is 34.7. The molecular formula is C12H20O10. The lowest BCUT2D eigenvalue weighted by Gasteiger charge is -2.37. The molecule has 1 heterocycles. The third-order valence-electron chi connectivity index (χ3n) is 3.15. The minimum atomic E-state index is -1.80. The van der Waals surface area contributed by atoms with Crippen LogP contribution in [0.15, 0.2) is 0 Å². The topological polar surface area (TPSA) is 174 Å². The highest BCUT2D eigenvalue weighted by atomic mass is 16.6. The Morgan fingerprint density at radius 1 is 1.09 bits per heavy atom. The van der Waals surface area contributed by atoms with Gasteiger partial charge in [-0.25, -0.2) is 0 Å². The fourth-order valence-electron chi connectivity index (χ4n) is 1.99. The van der Waals surface area contributed by atoms with E-state index >= 15 is 0 Å². The van der Waals surface area contributed by atoms with Crippen LogP contribution >= 0.6 is 0 Å². The summed E-state index contributed by atoms with van der Waals surface area (Å²) in [6.07, 6.45) is -9.25. The molecule has 0 aromatic carbocycles. The molecule has 0 amide bonds. The summed E-state index contributed by atoms with van der Waals surface area (Å²) in [6, 6.07) is 0. The average Bonchev–Trinajstić information content (AvgIpc) is 2.36. The number of aliphatic hydroxyl groups is 5. The number of carboxylic acid groups (broad SMARTS) is 1. The smallest absolute Gasteiger partial charge is 0.308 e.